The molecule has 2 N–H and O–H groups in total. The Hall–Kier alpha value is -0.860. The second-order valence-electron chi connectivity index (χ2n) is 5.10. The van der Waals surface area contributed by atoms with Gasteiger partial charge in [0.1, 0.15) is 0 Å². The Morgan fingerprint density at radius 1 is 1.29 bits per heavy atom. The average molecular weight is 232 g/mol. The maximum Gasteiger partial charge on any atom is 0.0218 e. The van der Waals surface area contributed by atoms with E-state index in [1.807, 2.05) is 0 Å². The molecule has 1 aromatic carbocycles. The summed E-state index contributed by atoms with van der Waals surface area (Å²) in [5.41, 5.74) is 8.74. The maximum atomic E-state index is 5.85. The third-order valence-corrected chi connectivity index (χ3v) is 3.95. The van der Waals surface area contributed by atoms with Crippen molar-refractivity contribution >= 4 is 0 Å². The summed E-state index contributed by atoms with van der Waals surface area (Å²) >= 11 is 0. The van der Waals surface area contributed by atoms with Crippen LogP contribution in [0.3, 0.4) is 0 Å². The van der Waals surface area contributed by atoms with Gasteiger partial charge in [0.2, 0.25) is 0 Å². The number of hydrogen-bond donors (Lipinski definition) is 1. The summed E-state index contributed by atoms with van der Waals surface area (Å²) < 4.78 is 0. The highest BCUT2D eigenvalue weighted by Gasteiger charge is 2.20. The zero-order valence-electron chi connectivity index (χ0n) is 10.9. The van der Waals surface area contributed by atoms with E-state index in [-0.39, 0.29) is 0 Å². The molecule has 1 aromatic rings. The highest BCUT2D eigenvalue weighted by molar-refractivity contribution is 5.25. The molecular weight excluding hydrogens is 208 g/mol. The van der Waals surface area contributed by atoms with Gasteiger partial charge in [0.05, 0.1) is 0 Å². The summed E-state index contributed by atoms with van der Waals surface area (Å²) in [6.45, 7) is 5.40. The minimum atomic E-state index is 0.618. The second-order valence-corrected chi connectivity index (χ2v) is 5.10. The van der Waals surface area contributed by atoms with Crippen LogP contribution in [-0.4, -0.2) is 30.6 Å². The molecule has 94 valence electrons. The van der Waals surface area contributed by atoms with Crippen LogP contribution in [0.2, 0.25) is 0 Å². The first kappa shape index (κ1) is 12.6. The van der Waals surface area contributed by atoms with Gasteiger partial charge in [-0.15, -0.1) is 0 Å². The fourth-order valence-corrected chi connectivity index (χ4v) is 2.78. The van der Waals surface area contributed by atoms with Gasteiger partial charge in [-0.2, -0.15) is 0 Å². The second kappa shape index (κ2) is 6.18. The summed E-state index contributed by atoms with van der Waals surface area (Å²) in [4.78, 5) is 2.58. The molecule has 0 amide bonds. The molecule has 0 radical (unpaired) electrons. The Kier molecular flexibility index (Phi) is 4.57. The fraction of sp³-hybridized carbons (Fsp3) is 0.600. The molecule has 0 aliphatic carbocycles. The summed E-state index contributed by atoms with van der Waals surface area (Å²) in [6.07, 6.45) is 5.13. The van der Waals surface area contributed by atoms with Crippen LogP contribution < -0.4 is 5.73 Å². The van der Waals surface area contributed by atoms with Gasteiger partial charge in [-0.25, -0.2) is 0 Å². The first-order valence-corrected chi connectivity index (χ1v) is 6.80. The van der Waals surface area contributed by atoms with Gasteiger partial charge in [0.15, 0.2) is 0 Å². The Balaban J connectivity index is 1.90. The number of rotatable bonds is 4. The van der Waals surface area contributed by atoms with Crippen LogP contribution in [0, 0.1) is 6.92 Å². The first-order chi connectivity index (χ1) is 8.31. The number of benzene rings is 1. The maximum absolute atomic E-state index is 5.85. The van der Waals surface area contributed by atoms with Crippen LogP contribution in [-0.2, 0) is 6.42 Å². The summed E-state index contributed by atoms with van der Waals surface area (Å²) in [6, 6.07) is 9.32. The lowest BCUT2D eigenvalue weighted by Gasteiger charge is -2.35. The van der Waals surface area contributed by atoms with E-state index in [0.717, 1.165) is 19.5 Å². The normalized spacial score (nSPS) is 21.6. The van der Waals surface area contributed by atoms with Crippen LogP contribution >= 0.6 is 0 Å². The molecule has 0 unspecified atom stereocenters. The average Bonchev–Trinajstić information content (AvgIpc) is 2.38. The van der Waals surface area contributed by atoms with Crippen molar-refractivity contribution < 1.29 is 0 Å². The number of hydrogen-bond acceptors (Lipinski definition) is 2. The van der Waals surface area contributed by atoms with Gasteiger partial charge in [-0.3, -0.25) is 4.90 Å². The molecule has 1 aliphatic rings. The Labute approximate surface area is 105 Å². The predicted molar refractivity (Wildman–Crippen MR) is 73.1 cm³/mol. The molecule has 2 heteroatoms. The van der Waals surface area contributed by atoms with Gasteiger partial charge in [0.25, 0.3) is 0 Å². The van der Waals surface area contributed by atoms with Crippen molar-refractivity contribution in [3.8, 4) is 0 Å². The SMILES string of the molecule is Cc1ccccc1CCN1CCCC[C@@H]1CN. The van der Waals surface area contributed by atoms with Crippen molar-refractivity contribution in [3.63, 3.8) is 0 Å². The minimum Gasteiger partial charge on any atom is -0.329 e. The molecule has 0 bridgehead atoms. The van der Waals surface area contributed by atoms with Gasteiger partial charge >= 0.3 is 0 Å². The smallest absolute Gasteiger partial charge is 0.0218 e. The van der Waals surface area contributed by atoms with E-state index < -0.39 is 0 Å². The van der Waals surface area contributed by atoms with Gasteiger partial charge < -0.3 is 5.73 Å². The summed E-state index contributed by atoms with van der Waals surface area (Å²) in [7, 11) is 0. The molecule has 1 fully saturated rings. The number of piperidine rings is 1. The molecule has 1 aliphatic heterocycles. The van der Waals surface area contributed by atoms with Crippen molar-refractivity contribution in [1.82, 2.24) is 4.90 Å². The van der Waals surface area contributed by atoms with Gasteiger partial charge in [-0.1, -0.05) is 30.7 Å². The lowest BCUT2D eigenvalue weighted by molar-refractivity contribution is 0.155. The molecular formula is C15H24N2. The van der Waals surface area contributed by atoms with Crippen molar-refractivity contribution in [1.29, 1.82) is 0 Å². The minimum absolute atomic E-state index is 0.618. The molecule has 17 heavy (non-hydrogen) atoms. The lowest BCUT2D eigenvalue weighted by atomic mass is 10.0. The standard InChI is InChI=1S/C15H24N2/c1-13-6-2-3-7-14(13)9-11-17-10-5-4-8-15(17)12-16/h2-3,6-7,15H,4-5,8-12,16H2,1H3/t15-/m1/s1. The third kappa shape index (κ3) is 3.30. The molecule has 1 saturated heterocycles. The molecule has 0 saturated carbocycles. The van der Waals surface area contributed by atoms with E-state index in [4.69, 9.17) is 5.73 Å². The fourth-order valence-electron chi connectivity index (χ4n) is 2.78. The van der Waals surface area contributed by atoms with Gasteiger partial charge in [0, 0.05) is 19.1 Å². The summed E-state index contributed by atoms with van der Waals surface area (Å²) in [5.74, 6) is 0. The zero-order valence-corrected chi connectivity index (χ0v) is 10.9. The van der Waals surface area contributed by atoms with Crippen LogP contribution in [0.4, 0.5) is 0 Å². The summed E-state index contributed by atoms with van der Waals surface area (Å²) in [5, 5.41) is 0. The molecule has 1 heterocycles. The lowest BCUT2D eigenvalue weighted by Crippen LogP contribution is -2.44. The number of likely N-dealkylation sites (tertiary alicyclic amines) is 1. The molecule has 2 nitrogen and oxygen atoms in total. The predicted octanol–water partition coefficient (Wildman–Crippen LogP) is 2.35. The van der Waals surface area contributed by atoms with Crippen molar-refractivity contribution in [3.05, 3.63) is 35.4 Å². The van der Waals surface area contributed by atoms with E-state index in [1.165, 1.54) is 36.9 Å². The van der Waals surface area contributed by atoms with E-state index in [1.54, 1.807) is 0 Å². The topological polar surface area (TPSA) is 29.3 Å². The van der Waals surface area contributed by atoms with E-state index >= 15 is 0 Å². The largest absolute Gasteiger partial charge is 0.329 e. The monoisotopic (exact) mass is 232 g/mol. The first-order valence-electron chi connectivity index (χ1n) is 6.80. The van der Waals surface area contributed by atoms with Gasteiger partial charge in [-0.05, 0) is 43.9 Å². The molecule has 0 spiro atoms. The third-order valence-electron chi connectivity index (χ3n) is 3.95. The highest BCUT2D eigenvalue weighted by atomic mass is 15.2. The van der Waals surface area contributed by atoms with E-state index in [2.05, 4.69) is 36.1 Å². The van der Waals surface area contributed by atoms with Crippen LogP contribution in [0.1, 0.15) is 30.4 Å². The number of aryl methyl sites for hydroxylation is 1. The highest BCUT2D eigenvalue weighted by Crippen LogP contribution is 2.17. The van der Waals surface area contributed by atoms with Crippen molar-refractivity contribution in [2.75, 3.05) is 19.6 Å². The Morgan fingerprint density at radius 2 is 2.12 bits per heavy atom. The van der Waals surface area contributed by atoms with Crippen LogP contribution in [0.25, 0.3) is 0 Å². The van der Waals surface area contributed by atoms with Crippen LogP contribution in [0.5, 0.6) is 0 Å². The number of nitrogens with zero attached hydrogens (tertiary/aromatic N) is 1. The zero-order chi connectivity index (χ0) is 12.1. The number of nitrogens with two attached hydrogens (primary N) is 1. The van der Waals surface area contributed by atoms with E-state index in [9.17, 15) is 0 Å². The molecule has 1 atom stereocenters. The van der Waals surface area contributed by atoms with E-state index in [0.29, 0.717) is 6.04 Å². The molecule has 2 rings (SSSR count). The van der Waals surface area contributed by atoms with Crippen LogP contribution in [0.15, 0.2) is 24.3 Å². The Bertz CT molecular complexity index is 349. The van der Waals surface area contributed by atoms with Crippen molar-refractivity contribution in [2.24, 2.45) is 5.73 Å². The van der Waals surface area contributed by atoms with Crippen molar-refractivity contribution in [2.45, 2.75) is 38.6 Å². The molecule has 0 aromatic heterocycles. The Morgan fingerprint density at radius 3 is 2.88 bits per heavy atom. The quantitative estimate of drug-likeness (QED) is 0.863.